The lowest BCUT2D eigenvalue weighted by Crippen LogP contribution is -2.41. The van der Waals surface area contributed by atoms with Crippen molar-refractivity contribution in [2.75, 3.05) is 6.54 Å². The number of nitrogens with one attached hydrogen (secondary N) is 1. The summed E-state index contributed by atoms with van der Waals surface area (Å²) < 4.78 is 11.8. The molecule has 4 aromatic rings. The number of carbonyl (C=O) groups excluding carboxylic acids is 2. The van der Waals surface area contributed by atoms with Gasteiger partial charge in [-0.25, -0.2) is 0 Å². The minimum absolute atomic E-state index is 0.135. The summed E-state index contributed by atoms with van der Waals surface area (Å²) in [5.74, 6) is 1.61. The number of aryl methyl sites for hydroxylation is 1. The summed E-state index contributed by atoms with van der Waals surface area (Å²) >= 11 is 0. The Hall–Kier alpha value is -4.39. The van der Waals surface area contributed by atoms with Crippen molar-refractivity contribution < 1.29 is 18.7 Å². The van der Waals surface area contributed by atoms with Crippen molar-refractivity contribution in [3.05, 3.63) is 118 Å². The van der Waals surface area contributed by atoms with Crippen LogP contribution in [0.15, 0.2) is 83.5 Å². The monoisotopic (exact) mass is 521 g/mol. The highest BCUT2D eigenvalue weighted by Gasteiger charge is 2.39. The van der Waals surface area contributed by atoms with Crippen LogP contribution >= 0.6 is 0 Å². The molecule has 39 heavy (non-hydrogen) atoms. The second kappa shape index (κ2) is 10.8. The fourth-order valence-electron chi connectivity index (χ4n) is 5.10. The third-order valence-corrected chi connectivity index (χ3v) is 7.39. The maximum absolute atomic E-state index is 13.2. The third kappa shape index (κ3) is 5.58. The Bertz CT molecular complexity index is 1480. The van der Waals surface area contributed by atoms with Gasteiger partial charge in [0.25, 0.3) is 5.91 Å². The number of nitrogens with zero attached hydrogens (tertiary/aromatic N) is 2. The molecule has 2 aromatic heterocycles. The van der Waals surface area contributed by atoms with Crippen LogP contribution in [-0.4, -0.2) is 28.2 Å². The first-order chi connectivity index (χ1) is 19.0. The van der Waals surface area contributed by atoms with Crippen LogP contribution in [0.25, 0.3) is 0 Å². The summed E-state index contributed by atoms with van der Waals surface area (Å²) in [5, 5.41) is 2.84. The van der Waals surface area contributed by atoms with Crippen molar-refractivity contribution in [1.29, 1.82) is 0 Å². The molecule has 7 heteroatoms. The molecule has 1 aliphatic carbocycles. The number of amides is 2. The van der Waals surface area contributed by atoms with Crippen LogP contribution < -0.4 is 10.1 Å². The maximum atomic E-state index is 13.2. The number of aromatic nitrogens is 1. The summed E-state index contributed by atoms with van der Waals surface area (Å²) in [5.41, 5.74) is 5.55. The first-order valence-electron chi connectivity index (χ1n) is 13.4. The fraction of sp³-hybridized carbons (Fsp3) is 0.281. The molecule has 198 valence electrons. The Labute approximate surface area is 227 Å². The van der Waals surface area contributed by atoms with Gasteiger partial charge in [-0.2, -0.15) is 0 Å². The molecule has 0 saturated heterocycles. The van der Waals surface area contributed by atoms with Crippen molar-refractivity contribution in [2.45, 2.75) is 45.4 Å². The normalized spacial score (nSPS) is 16.4. The van der Waals surface area contributed by atoms with Crippen LogP contribution in [-0.2, 0) is 24.4 Å². The van der Waals surface area contributed by atoms with Crippen LogP contribution in [0.5, 0.6) is 5.75 Å². The van der Waals surface area contributed by atoms with Gasteiger partial charge in [-0.05, 0) is 78.8 Å². The van der Waals surface area contributed by atoms with Crippen LogP contribution in [0, 0.1) is 12.8 Å². The molecule has 0 unspecified atom stereocenters. The van der Waals surface area contributed by atoms with E-state index in [1.54, 1.807) is 24.5 Å². The summed E-state index contributed by atoms with van der Waals surface area (Å²) in [6.45, 7) is 3.35. The van der Waals surface area contributed by atoms with E-state index in [1.165, 1.54) is 11.1 Å². The highest BCUT2D eigenvalue weighted by atomic mass is 16.5. The van der Waals surface area contributed by atoms with Gasteiger partial charge in [0.1, 0.15) is 18.1 Å². The number of hydrogen-bond donors (Lipinski definition) is 1. The first kappa shape index (κ1) is 24.9. The SMILES string of the molecule is Cc1ccc([C@@H]2c3cc(OCc4ccc(C(=O)NCc5cccnc5)o4)ccc3CCN2C(=O)C2CC2)cc1. The zero-order valence-corrected chi connectivity index (χ0v) is 21.9. The Morgan fingerprint density at radius 3 is 2.69 bits per heavy atom. The number of carbonyl (C=O) groups is 2. The Balaban J connectivity index is 1.17. The van der Waals surface area contributed by atoms with Gasteiger partial charge in [-0.1, -0.05) is 42.0 Å². The number of benzene rings is 2. The predicted molar refractivity (Wildman–Crippen MR) is 146 cm³/mol. The third-order valence-electron chi connectivity index (χ3n) is 7.39. The predicted octanol–water partition coefficient (Wildman–Crippen LogP) is 5.38. The molecular formula is C32H31N3O4. The number of rotatable bonds is 8. The molecule has 2 amide bonds. The zero-order chi connectivity index (χ0) is 26.8. The van der Waals surface area contributed by atoms with Gasteiger partial charge < -0.3 is 19.4 Å². The lowest BCUT2D eigenvalue weighted by Gasteiger charge is -2.38. The average molecular weight is 522 g/mol. The van der Waals surface area contributed by atoms with E-state index in [1.807, 2.05) is 18.2 Å². The van der Waals surface area contributed by atoms with E-state index in [-0.39, 0.29) is 36.1 Å². The second-order valence-corrected chi connectivity index (χ2v) is 10.3. The molecule has 0 spiro atoms. The lowest BCUT2D eigenvalue weighted by atomic mass is 9.87. The van der Waals surface area contributed by atoms with E-state index in [2.05, 4.69) is 58.5 Å². The van der Waals surface area contributed by atoms with E-state index in [0.717, 1.165) is 42.5 Å². The van der Waals surface area contributed by atoms with E-state index in [0.29, 0.717) is 18.1 Å². The molecule has 6 rings (SSSR count). The maximum Gasteiger partial charge on any atom is 0.287 e. The van der Waals surface area contributed by atoms with E-state index in [4.69, 9.17) is 9.15 Å². The molecule has 2 aliphatic rings. The first-order valence-corrected chi connectivity index (χ1v) is 13.4. The highest BCUT2D eigenvalue weighted by Crippen LogP contribution is 2.41. The fourth-order valence-corrected chi connectivity index (χ4v) is 5.10. The van der Waals surface area contributed by atoms with Crippen LogP contribution in [0.1, 0.15) is 63.0 Å². The Kier molecular flexibility index (Phi) is 6.88. The molecule has 1 fully saturated rings. The van der Waals surface area contributed by atoms with E-state index < -0.39 is 0 Å². The number of ether oxygens (including phenoxy) is 1. The Morgan fingerprint density at radius 2 is 1.92 bits per heavy atom. The van der Waals surface area contributed by atoms with Crippen molar-refractivity contribution in [2.24, 2.45) is 5.92 Å². The van der Waals surface area contributed by atoms with Crippen LogP contribution in [0.2, 0.25) is 0 Å². The molecule has 1 atom stereocenters. The van der Waals surface area contributed by atoms with E-state index in [9.17, 15) is 9.59 Å². The van der Waals surface area contributed by atoms with Crippen molar-refractivity contribution in [1.82, 2.24) is 15.2 Å². The zero-order valence-electron chi connectivity index (χ0n) is 21.9. The van der Waals surface area contributed by atoms with Crippen molar-refractivity contribution >= 4 is 11.8 Å². The average Bonchev–Trinajstić information content (AvgIpc) is 3.72. The van der Waals surface area contributed by atoms with Gasteiger partial charge in [0.15, 0.2) is 5.76 Å². The second-order valence-electron chi connectivity index (χ2n) is 10.3. The van der Waals surface area contributed by atoms with Gasteiger partial charge in [0.05, 0.1) is 6.04 Å². The molecule has 0 bridgehead atoms. The van der Waals surface area contributed by atoms with Crippen molar-refractivity contribution in [3.8, 4) is 5.75 Å². The topological polar surface area (TPSA) is 84.7 Å². The molecule has 3 heterocycles. The lowest BCUT2D eigenvalue weighted by molar-refractivity contribution is -0.134. The van der Waals surface area contributed by atoms with Gasteiger partial charge in [0, 0.05) is 31.4 Å². The van der Waals surface area contributed by atoms with Gasteiger partial charge in [-0.15, -0.1) is 0 Å². The summed E-state index contributed by atoms with van der Waals surface area (Å²) in [6, 6.07) is 21.6. The molecule has 7 nitrogen and oxygen atoms in total. The molecule has 1 aliphatic heterocycles. The smallest absolute Gasteiger partial charge is 0.287 e. The number of furan rings is 1. The largest absolute Gasteiger partial charge is 0.486 e. The molecule has 1 saturated carbocycles. The van der Waals surface area contributed by atoms with Gasteiger partial charge in [-0.3, -0.25) is 14.6 Å². The highest BCUT2D eigenvalue weighted by molar-refractivity contribution is 5.91. The molecule has 2 aromatic carbocycles. The van der Waals surface area contributed by atoms with Gasteiger partial charge in [0.2, 0.25) is 5.91 Å². The van der Waals surface area contributed by atoms with Crippen molar-refractivity contribution in [3.63, 3.8) is 0 Å². The summed E-state index contributed by atoms with van der Waals surface area (Å²) in [6.07, 6.45) is 6.20. The van der Waals surface area contributed by atoms with Gasteiger partial charge >= 0.3 is 0 Å². The minimum atomic E-state index is -0.291. The number of fused-ring (bicyclic) bond motifs is 1. The van der Waals surface area contributed by atoms with E-state index >= 15 is 0 Å². The summed E-state index contributed by atoms with van der Waals surface area (Å²) in [4.78, 5) is 31.9. The standard InChI is InChI=1S/C32H31N3O4/c1-21-4-6-24(7-5-21)30-28-17-26(11-10-23(28)14-16-35(30)32(37)25-8-9-25)38-20-27-12-13-29(39-27)31(36)34-19-22-3-2-15-33-18-22/h2-7,10-13,15,17-18,25,30H,8-9,14,16,19-20H2,1H3,(H,34,36)/t30-/m1/s1. The molecular weight excluding hydrogens is 490 g/mol. The number of hydrogen-bond acceptors (Lipinski definition) is 5. The summed E-state index contributed by atoms with van der Waals surface area (Å²) in [7, 11) is 0. The van der Waals surface area contributed by atoms with Crippen LogP contribution in [0.4, 0.5) is 0 Å². The molecule has 1 N–H and O–H groups in total. The number of pyridine rings is 1. The quantitative estimate of drug-likeness (QED) is 0.337. The van der Waals surface area contributed by atoms with Crippen LogP contribution in [0.3, 0.4) is 0 Å². The molecule has 0 radical (unpaired) electrons. The minimum Gasteiger partial charge on any atom is -0.486 e. The Morgan fingerprint density at radius 1 is 1.08 bits per heavy atom.